The third-order valence-corrected chi connectivity index (χ3v) is 5.48. The van der Waals surface area contributed by atoms with Crippen LogP contribution in [-0.4, -0.2) is 26.7 Å². The van der Waals surface area contributed by atoms with E-state index >= 15 is 0 Å². The zero-order valence-electron chi connectivity index (χ0n) is 16.0. The molecule has 1 aliphatic rings. The maximum atomic E-state index is 14.2. The zero-order valence-corrected chi connectivity index (χ0v) is 16.0. The lowest BCUT2D eigenvalue weighted by molar-refractivity contribution is 0.451. The van der Waals surface area contributed by atoms with Crippen LogP contribution >= 0.6 is 0 Å². The van der Waals surface area contributed by atoms with Gasteiger partial charge in [-0.15, -0.1) is 5.10 Å². The van der Waals surface area contributed by atoms with E-state index in [4.69, 9.17) is 8.83 Å². The van der Waals surface area contributed by atoms with Crippen molar-refractivity contribution in [2.75, 3.05) is 11.4 Å². The number of H-pyrrole nitrogens is 1. The quantitative estimate of drug-likeness (QED) is 0.459. The fourth-order valence-corrected chi connectivity index (χ4v) is 4.04. The summed E-state index contributed by atoms with van der Waals surface area (Å²) < 4.78 is 40.2. The number of furan rings is 1. The minimum absolute atomic E-state index is 0.136. The minimum Gasteiger partial charge on any atom is -0.458 e. The first-order valence-corrected chi connectivity index (χ1v) is 9.74. The summed E-state index contributed by atoms with van der Waals surface area (Å²) >= 11 is 0. The first-order chi connectivity index (χ1) is 15.2. The van der Waals surface area contributed by atoms with Gasteiger partial charge in [-0.3, -0.25) is 0 Å². The van der Waals surface area contributed by atoms with Crippen molar-refractivity contribution in [3.05, 3.63) is 83.6 Å². The predicted octanol–water partition coefficient (Wildman–Crippen LogP) is 4.64. The van der Waals surface area contributed by atoms with Crippen LogP contribution in [0.2, 0.25) is 0 Å². The first-order valence-electron chi connectivity index (χ1n) is 9.74. The van der Waals surface area contributed by atoms with Crippen LogP contribution < -0.4 is 4.90 Å². The van der Waals surface area contributed by atoms with Crippen molar-refractivity contribution in [3.63, 3.8) is 0 Å². The van der Waals surface area contributed by atoms with Crippen LogP contribution in [-0.2, 0) is 6.42 Å². The largest absolute Gasteiger partial charge is 0.458 e. The fraction of sp³-hybridized carbons (Fsp3) is 0.136. The van der Waals surface area contributed by atoms with Crippen LogP contribution in [0, 0.1) is 11.6 Å². The van der Waals surface area contributed by atoms with Gasteiger partial charge in [0.15, 0.2) is 0 Å². The topological polar surface area (TPSA) is 84.0 Å². The first kappa shape index (κ1) is 17.8. The molecule has 6 rings (SSSR count). The number of fused-ring (bicyclic) bond motifs is 2. The number of rotatable bonds is 3. The highest BCUT2D eigenvalue weighted by Crippen LogP contribution is 2.39. The molecule has 2 aromatic carbocycles. The summed E-state index contributed by atoms with van der Waals surface area (Å²) in [5.41, 5.74) is 2.17. The van der Waals surface area contributed by atoms with Crippen molar-refractivity contribution in [2.45, 2.75) is 12.5 Å². The Morgan fingerprint density at radius 2 is 1.84 bits per heavy atom. The van der Waals surface area contributed by atoms with E-state index in [9.17, 15) is 8.78 Å². The Morgan fingerprint density at radius 1 is 1.00 bits per heavy atom. The molecule has 3 aromatic heterocycles. The molecule has 4 heterocycles. The molecule has 0 unspecified atom stereocenters. The number of benzene rings is 2. The van der Waals surface area contributed by atoms with Gasteiger partial charge in [0.2, 0.25) is 0 Å². The number of anilines is 1. The van der Waals surface area contributed by atoms with Gasteiger partial charge in [0.1, 0.15) is 34.6 Å². The molecule has 0 saturated heterocycles. The predicted molar refractivity (Wildman–Crippen MR) is 107 cm³/mol. The number of halogens is 2. The molecule has 1 aliphatic heterocycles. The molecular formula is C22H15F2N5O2. The molecule has 31 heavy (non-hydrogen) atoms. The molecule has 0 amide bonds. The Hall–Kier alpha value is -4.01. The lowest BCUT2D eigenvalue weighted by atomic mass is 10.0. The maximum Gasteiger partial charge on any atom is 0.319 e. The Balaban J connectivity index is 1.46. The Bertz CT molecular complexity index is 1350. The monoisotopic (exact) mass is 419 g/mol. The van der Waals surface area contributed by atoms with E-state index in [-0.39, 0.29) is 17.5 Å². The van der Waals surface area contributed by atoms with Gasteiger partial charge in [0.05, 0.1) is 12.0 Å². The SMILES string of the molecule is Fc1cccc(F)c1-c1nnc(N2CCc3[nH]cnc3[C@H]2c2cc3ccccc3o2)o1. The highest BCUT2D eigenvalue weighted by Gasteiger charge is 2.36. The third kappa shape index (κ3) is 2.81. The number of imidazole rings is 1. The summed E-state index contributed by atoms with van der Waals surface area (Å²) in [5, 5.41) is 8.94. The van der Waals surface area contributed by atoms with Crippen LogP contribution in [0.3, 0.4) is 0 Å². The smallest absolute Gasteiger partial charge is 0.319 e. The second-order valence-electron chi connectivity index (χ2n) is 7.29. The van der Waals surface area contributed by atoms with Gasteiger partial charge >= 0.3 is 6.01 Å². The number of aromatic nitrogens is 4. The van der Waals surface area contributed by atoms with Gasteiger partial charge in [-0.05, 0) is 24.3 Å². The zero-order chi connectivity index (χ0) is 20.9. The summed E-state index contributed by atoms with van der Waals surface area (Å²) in [5.74, 6) is -1.10. The maximum absolute atomic E-state index is 14.2. The number of hydrogen-bond donors (Lipinski definition) is 1. The number of hydrogen-bond acceptors (Lipinski definition) is 6. The summed E-state index contributed by atoms with van der Waals surface area (Å²) in [6.07, 6.45) is 2.30. The molecule has 0 spiro atoms. The molecular weight excluding hydrogens is 404 g/mol. The van der Waals surface area contributed by atoms with E-state index in [0.717, 1.165) is 34.5 Å². The molecule has 1 N–H and O–H groups in total. The summed E-state index contributed by atoms with van der Waals surface area (Å²) in [6, 6.07) is 12.9. The van der Waals surface area contributed by atoms with E-state index < -0.39 is 17.7 Å². The molecule has 0 saturated carbocycles. The van der Waals surface area contributed by atoms with Gasteiger partial charge in [-0.25, -0.2) is 13.8 Å². The Morgan fingerprint density at radius 3 is 2.68 bits per heavy atom. The average Bonchev–Trinajstić information content (AvgIpc) is 3.51. The van der Waals surface area contributed by atoms with Crippen LogP contribution in [0.15, 0.2) is 63.7 Å². The average molecular weight is 419 g/mol. The van der Waals surface area contributed by atoms with E-state index in [2.05, 4.69) is 20.2 Å². The highest BCUT2D eigenvalue weighted by atomic mass is 19.1. The van der Waals surface area contributed by atoms with Crippen LogP contribution in [0.1, 0.15) is 23.2 Å². The summed E-state index contributed by atoms with van der Waals surface area (Å²) in [7, 11) is 0. The summed E-state index contributed by atoms with van der Waals surface area (Å²) in [6.45, 7) is 0.526. The van der Waals surface area contributed by atoms with Crippen LogP contribution in [0.25, 0.3) is 22.4 Å². The Labute approximate surface area is 174 Å². The molecule has 5 aromatic rings. The van der Waals surface area contributed by atoms with E-state index in [0.29, 0.717) is 18.7 Å². The number of para-hydroxylation sites is 1. The molecule has 154 valence electrons. The molecule has 1 atom stereocenters. The van der Waals surface area contributed by atoms with Crippen molar-refractivity contribution in [3.8, 4) is 11.5 Å². The van der Waals surface area contributed by atoms with Crippen molar-refractivity contribution in [2.24, 2.45) is 0 Å². The molecule has 0 radical (unpaired) electrons. The standard InChI is InChI=1S/C22H15F2N5O2/c23-13-5-3-6-14(24)18(13)21-27-28-22(31-21)29-9-8-15-19(26-11-25-15)20(29)17-10-12-4-1-2-7-16(12)30-17/h1-7,10-11,20H,8-9H2,(H,25,26)/t20-/m1/s1. The highest BCUT2D eigenvalue weighted by molar-refractivity contribution is 5.78. The Kier molecular flexibility index (Phi) is 3.89. The van der Waals surface area contributed by atoms with Gasteiger partial charge in [-0.1, -0.05) is 29.4 Å². The number of nitrogens with one attached hydrogen (secondary N) is 1. The van der Waals surface area contributed by atoms with E-state index in [1.165, 1.54) is 6.07 Å². The number of aromatic amines is 1. The minimum atomic E-state index is -0.766. The van der Waals surface area contributed by atoms with E-state index in [1.807, 2.05) is 35.2 Å². The second kappa shape index (κ2) is 6.76. The lowest BCUT2D eigenvalue weighted by Gasteiger charge is -2.32. The van der Waals surface area contributed by atoms with Gasteiger partial charge in [0, 0.05) is 24.0 Å². The molecule has 7 nitrogen and oxygen atoms in total. The van der Waals surface area contributed by atoms with Crippen LogP contribution in [0.5, 0.6) is 0 Å². The number of nitrogens with zero attached hydrogens (tertiary/aromatic N) is 4. The van der Waals surface area contributed by atoms with Crippen molar-refractivity contribution in [1.82, 2.24) is 20.2 Å². The van der Waals surface area contributed by atoms with Crippen LogP contribution in [0.4, 0.5) is 14.8 Å². The third-order valence-electron chi connectivity index (χ3n) is 5.48. The second-order valence-corrected chi connectivity index (χ2v) is 7.29. The molecule has 0 aliphatic carbocycles. The van der Waals surface area contributed by atoms with Crippen molar-refractivity contribution >= 4 is 17.0 Å². The molecule has 0 fully saturated rings. The van der Waals surface area contributed by atoms with Gasteiger partial charge < -0.3 is 18.7 Å². The fourth-order valence-electron chi connectivity index (χ4n) is 4.04. The lowest BCUT2D eigenvalue weighted by Crippen LogP contribution is -2.36. The molecule has 9 heteroatoms. The van der Waals surface area contributed by atoms with Gasteiger partial charge in [0.25, 0.3) is 5.89 Å². The van der Waals surface area contributed by atoms with Crippen molar-refractivity contribution < 1.29 is 17.6 Å². The van der Waals surface area contributed by atoms with Crippen molar-refractivity contribution in [1.29, 1.82) is 0 Å². The van der Waals surface area contributed by atoms with Gasteiger partial charge in [-0.2, -0.15) is 0 Å². The molecule has 0 bridgehead atoms. The van der Waals surface area contributed by atoms with E-state index in [1.54, 1.807) is 6.33 Å². The summed E-state index contributed by atoms with van der Waals surface area (Å²) in [4.78, 5) is 9.49. The normalized spacial score (nSPS) is 16.1.